The molecule has 0 atom stereocenters. The number of thiophene rings is 1. The Morgan fingerprint density at radius 1 is 1.42 bits per heavy atom. The van der Waals surface area contributed by atoms with E-state index < -0.39 is 0 Å². The van der Waals surface area contributed by atoms with Gasteiger partial charge in [0.2, 0.25) is 0 Å². The fraction of sp³-hybridized carbons (Fsp3) is 0.615. The lowest BCUT2D eigenvalue weighted by atomic mass is 10.2. The third-order valence-corrected chi connectivity index (χ3v) is 4.26. The number of hydrogen-bond acceptors (Lipinski definition) is 5. The summed E-state index contributed by atoms with van der Waals surface area (Å²) >= 11 is 1.48. The van der Waals surface area contributed by atoms with Crippen LogP contribution in [0, 0.1) is 0 Å². The third-order valence-electron chi connectivity index (χ3n) is 3.32. The van der Waals surface area contributed by atoms with Gasteiger partial charge in [-0.1, -0.05) is 0 Å². The van der Waals surface area contributed by atoms with E-state index in [0.717, 1.165) is 36.6 Å². The average molecular weight is 284 g/mol. The number of aliphatic hydroxyl groups excluding tert-OH is 1. The molecule has 0 aliphatic carbocycles. The molecule has 6 heteroatoms. The van der Waals surface area contributed by atoms with E-state index in [0.29, 0.717) is 13.2 Å². The normalized spacial score (nSPS) is 16.8. The number of amides is 1. The minimum atomic E-state index is 0.102. The van der Waals surface area contributed by atoms with Crippen molar-refractivity contribution in [3.8, 4) is 0 Å². The number of methoxy groups -OCH3 is 1. The van der Waals surface area contributed by atoms with Gasteiger partial charge in [-0.2, -0.15) is 0 Å². The van der Waals surface area contributed by atoms with Gasteiger partial charge >= 0.3 is 0 Å². The lowest BCUT2D eigenvalue weighted by molar-refractivity contribution is 0.0616. The minimum Gasteiger partial charge on any atom is -0.395 e. The van der Waals surface area contributed by atoms with Crippen molar-refractivity contribution in [1.82, 2.24) is 9.80 Å². The van der Waals surface area contributed by atoms with E-state index in [2.05, 4.69) is 4.90 Å². The Bertz CT molecular complexity index is 414. The first-order valence-corrected chi connectivity index (χ1v) is 7.32. The van der Waals surface area contributed by atoms with Gasteiger partial charge in [0.25, 0.3) is 5.91 Å². The van der Waals surface area contributed by atoms with Crippen LogP contribution in [0.3, 0.4) is 0 Å². The third kappa shape index (κ3) is 3.54. The number of piperazine rings is 1. The summed E-state index contributed by atoms with van der Waals surface area (Å²) < 4.78 is 5.11. The van der Waals surface area contributed by atoms with Crippen molar-refractivity contribution in [1.29, 1.82) is 0 Å². The van der Waals surface area contributed by atoms with E-state index in [-0.39, 0.29) is 12.5 Å². The standard InChI is InChI=1S/C13H20N2O3S/c1-18-10-11-2-9-19-12(11)13(17)15-5-3-14(4-6-15)7-8-16/h2,9,16H,3-8,10H2,1H3. The molecule has 0 spiro atoms. The molecule has 1 aliphatic rings. The summed E-state index contributed by atoms with van der Waals surface area (Å²) in [5.41, 5.74) is 0.968. The highest BCUT2D eigenvalue weighted by Crippen LogP contribution is 2.20. The summed E-state index contributed by atoms with van der Waals surface area (Å²) in [5, 5.41) is 10.8. The zero-order valence-electron chi connectivity index (χ0n) is 11.2. The molecule has 19 heavy (non-hydrogen) atoms. The Labute approximate surface area is 117 Å². The minimum absolute atomic E-state index is 0.102. The van der Waals surface area contributed by atoms with Gasteiger partial charge in [-0.3, -0.25) is 9.69 Å². The summed E-state index contributed by atoms with van der Waals surface area (Å²) in [6, 6.07) is 1.95. The zero-order valence-corrected chi connectivity index (χ0v) is 12.0. The van der Waals surface area contributed by atoms with Crippen molar-refractivity contribution >= 4 is 17.2 Å². The largest absolute Gasteiger partial charge is 0.395 e. The molecule has 2 rings (SSSR count). The lowest BCUT2D eigenvalue weighted by Gasteiger charge is -2.34. The molecule has 1 saturated heterocycles. The van der Waals surface area contributed by atoms with Crippen molar-refractivity contribution < 1.29 is 14.6 Å². The van der Waals surface area contributed by atoms with Gasteiger partial charge in [0.05, 0.1) is 18.1 Å². The van der Waals surface area contributed by atoms with Crippen molar-refractivity contribution in [2.45, 2.75) is 6.61 Å². The molecular formula is C13H20N2O3S. The maximum Gasteiger partial charge on any atom is 0.264 e. The Morgan fingerprint density at radius 2 is 2.16 bits per heavy atom. The highest BCUT2D eigenvalue weighted by molar-refractivity contribution is 7.12. The fourth-order valence-corrected chi connectivity index (χ4v) is 3.13. The number of ether oxygens (including phenoxy) is 1. The van der Waals surface area contributed by atoms with Crippen LogP contribution in [-0.4, -0.2) is 67.3 Å². The first kappa shape index (κ1) is 14.5. The van der Waals surface area contributed by atoms with Gasteiger partial charge in [0, 0.05) is 45.4 Å². The summed E-state index contributed by atoms with van der Waals surface area (Å²) in [5.74, 6) is 0.102. The van der Waals surface area contributed by atoms with E-state index in [4.69, 9.17) is 9.84 Å². The van der Waals surface area contributed by atoms with Crippen LogP contribution in [-0.2, 0) is 11.3 Å². The monoisotopic (exact) mass is 284 g/mol. The number of rotatable bonds is 5. The van der Waals surface area contributed by atoms with Gasteiger partial charge in [-0.25, -0.2) is 0 Å². The summed E-state index contributed by atoms with van der Waals surface area (Å²) in [7, 11) is 1.64. The van der Waals surface area contributed by atoms with E-state index >= 15 is 0 Å². The van der Waals surface area contributed by atoms with Crippen LogP contribution in [0.25, 0.3) is 0 Å². The maximum atomic E-state index is 12.4. The molecule has 0 radical (unpaired) electrons. The number of β-amino-alcohol motifs (C(OH)–C–C–N with tert-alkyl or cyclic N) is 1. The first-order chi connectivity index (χ1) is 9.26. The quantitative estimate of drug-likeness (QED) is 0.862. The Hall–Kier alpha value is -0.950. The van der Waals surface area contributed by atoms with E-state index in [1.807, 2.05) is 16.3 Å². The summed E-state index contributed by atoms with van der Waals surface area (Å²) in [6.45, 7) is 4.46. The summed E-state index contributed by atoms with van der Waals surface area (Å²) in [4.78, 5) is 17.3. The van der Waals surface area contributed by atoms with Crippen LogP contribution in [0.15, 0.2) is 11.4 Å². The van der Waals surface area contributed by atoms with Gasteiger partial charge in [-0.15, -0.1) is 11.3 Å². The van der Waals surface area contributed by atoms with E-state index in [9.17, 15) is 4.79 Å². The van der Waals surface area contributed by atoms with E-state index in [1.165, 1.54) is 11.3 Å². The molecule has 0 bridgehead atoms. The second-order valence-electron chi connectivity index (χ2n) is 4.57. The molecule has 1 aromatic rings. The van der Waals surface area contributed by atoms with Crippen molar-refractivity contribution in [2.24, 2.45) is 0 Å². The van der Waals surface area contributed by atoms with E-state index in [1.54, 1.807) is 7.11 Å². The second-order valence-corrected chi connectivity index (χ2v) is 5.48. The van der Waals surface area contributed by atoms with Gasteiger partial charge < -0.3 is 14.7 Å². The van der Waals surface area contributed by atoms with Gasteiger partial charge in [0.1, 0.15) is 0 Å². The molecule has 0 aromatic carbocycles. The molecule has 1 fully saturated rings. The number of carbonyl (C=O) groups is 1. The average Bonchev–Trinajstić information content (AvgIpc) is 2.88. The molecular weight excluding hydrogens is 264 g/mol. The highest BCUT2D eigenvalue weighted by atomic mass is 32.1. The molecule has 1 aromatic heterocycles. The van der Waals surface area contributed by atoms with Crippen molar-refractivity contribution in [2.75, 3.05) is 46.4 Å². The number of carbonyl (C=O) groups excluding carboxylic acids is 1. The second kappa shape index (κ2) is 7.00. The molecule has 0 saturated carbocycles. The van der Waals surface area contributed by atoms with Crippen molar-refractivity contribution in [3.05, 3.63) is 21.9 Å². The number of aliphatic hydroxyl groups is 1. The van der Waals surface area contributed by atoms with Crippen LogP contribution in [0.4, 0.5) is 0 Å². The predicted molar refractivity (Wildman–Crippen MR) is 74.5 cm³/mol. The first-order valence-electron chi connectivity index (χ1n) is 6.44. The number of nitrogens with zero attached hydrogens (tertiary/aromatic N) is 2. The SMILES string of the molecule is COCc1ccsc1C(=O)N1CCN(CCO)CC1. The van der Waals surface area contributed by atoms with Crippen LogP contribution in [0.5, 0.6) is 0 Å². The highest BCUT2D eigenvalue weighted by Gasteiger charge is 2.24. The zero-order chi connectivity index (χ0) is 13.7. The van der Waals surface area contributed by atoms with Crippen LogP contribution < -0.4 is 0 Å². The van der Waals surface area contributed by atoms with Gasteiger partial charge in [-0.05, 0) is 11.4 Å². The summed E-state index contributed by atoms with van der Waals surface area (Å²) in [6.07, 6.45) is 0. The maximum absolute atomic E-state index is 12.4. The Morgan fingerprint density at radius 3 is 2.79 bits per heavy atom. The van der Waals surface area contributed by atoms with Crippen molar-refractivity contribution in [3.63, 3.8) is 0 Å². The molecule has 106 valence electrons. The smallest absolute Gasteiger partial charge is 0.264 e. The van der Waals surface area contributed by atoms with Crippen LogP contribution in [0.1, 0.15) is 15.2 Å². The molecule has 1 aliphatic heterocycles. The van der Waals surface area contributed by atoms with Gasteiger partial charge in [0.15, 0.2) is 0 Å². The Balaban J connectivity index is 1.95. The van der Waals surface area contributed by atoms with Crippen LogP contribution >= 0.6 is 11.3 Å². The molecule has 1 amide bonds. The predicted octanol–water partition coefficient (Wildman–Crippen LogP) is 0.645. The molecule has 5 nitrogen and oxygen atoms in total. The van der Waals surface area contributed by atoms with Crippen LogP contribution in [0.2, 0.25) is 0 Å². The topological polar surface area (TPSA) is 53.0 Å². The molecule has 0 unspecified atom stereocenters. The lowest BCUT2D eigenvalue weighted by Crippen LogP contribution is -2.49. The Kier molecular flexibility index (Phi) is 5.33. The molecule has 1 N–H and O–H groups in total. The number of hydrogen-bond donors (Lipinski definition) is 1. The fourth-order valence-electron chi connectivity index (χ4n) is 2.25. The molecule has 2 heterocycles.